The van der Waals surface area contributed by atoms with Crippen LogP contribution in [-0.2, 0) is 24.9 Å². The fraction of sp³-hybridized carbons (Fsp3) is 0.526. The first kappa shape index (κ1) is 16.3. The zero-order chi connectivity index (χ0) is 17.2. The molecule has 2 aromatic rings. The summed E-state index contributed by atoms with van der Waals surface area (Å²) in [6, 6.07) is 4.03. The molecule has 0 aromatic carbocycles. The lowest BCUT2D eigenvalue weighted by Gasteiger charge is -2.33. The second-order valence-electron chi connectivity index (χ2n) is 7.31. The van der Waals surface area contributed by atoms with Crippen molar-refractivity contribution >= 4 is 5.91 Å². The number of amides is 1. The molecule has 0 spiro atoms. The Bertz CT molecular complexity index is 738. The summed E-state index contributed by atoms with van der Waals surface area (Å²) in [4.78, 5) is 23.9. The van der Waals surface area contributed by atoms with Crippen molar-refractivity contribution in [1.29, 1.82) is 0 Å². The van der Waals surface area contributed by atoms with Crippen molar-refractivity contribution in [2.24, 2.45) is 13.0 Å². The maximum Gasteiger partial charge on any atom is 0.230 e. The van der Waals surface area contributed by atoms with E-state index in [1.54, 1.807) is 6.20 Å². The van der Waals surface area contributed by atoms with Gasteiger partial charge in [-0.3, -0.25) is 14.7 Å². The highest BCUT2D eigenvalue weighted by molar-refractivity contribution is 5.84. The number of hydrogen-bond donors (Lipinski definition) is 1. The Morgan fingerprint density at radius 3 is 3.00 bits per heavy atom. The van der Waals surface area contributed by atoms with Crippen LogP contribution < -0.4 is 5.32 Å². The van der Waals surface area contributed by atoms with Gasteiger partial charge in [-0.25, -0.2) is 4.98 Å². The van der Waals surface area contributed by atoms with Crippen LogP contribution in [0.3, 0.4) is 0 Å². The highest BCUT2D eigenvalue weighted by Crippen LogP contribution is 2.29. The molecule has 2 aliphatic rings. The third-order valence-electron chi connectivity index (χ3n) is 5.44. The van der Waals surface area contributed by atoms with E-state index in [9.17, 15) is 4.79 Å². The normalized spacial score (nSPS) is 20.8. The van der Waals surface area contributed by atoms with Crippen LogP contribution in [0.5, 0.6) is 0 Å². The Morgan fingerprint density at radius 1 is 1.40 bits per heavy atom. The molecule has 1 atom stereocenters. The number of carbonyl (C=O) groups excluding carboxylic acids is 1. The molecule has 1 aliphatic heterocycles. The van der Waals surface area contributed by atoms with E-state index < -0.39 is 0 Å². The lowest BCUT2D eigenvalue weighted by atomic mass is 9.85. The monoisotopic (exact) mass is 339 g/mol. The Kier molecular flexibility index (Phi) is 4.53. The van der Waals surface area contributed by atoms with Gasteiger partial charge in [0.05, 0.1) is 23.6 Å². The van der Waals surface area contributed by atoms with Crippen molar-refractivity contribution in [1.82, 2.24) is 24.8 Å². The maximum absolute atomic E-state index is 12.9. The van der Waals surface area contributed by atoms with Crippen LogP contribution in [0.1, 0.15) is 42.1 Å². The number of nitrogens with one attached hydrogen (secondary N) is 1. The molecule has 1 N–H and O–H groups in total. The maximum atomic E-state index is 12.9. The molecule has 2 aromatic heterocycles. The largest absolute Gasteiger partial charge is 0.355 e. The number of aromatic nitrogens is 3. The highest BCUT2D eigenvalue weighted by atomic mass is 16.1. The standard InChI is InChI=1S/C19H25N5O/c1-23-13-22-17-12-24(10-15-6-3-7-20-8-15)11-16(18(17)23)19(25)21-9-14-4-2-5-14/h3,6-8,13-14,16H,2,4-5,9-12H2,1H3,(H,21,25)/t16-/m1/s1. The van der Waals surface area contributed by atoms with Crippen molar-refractivity contribution in [2.45, 2.75) is 38.3 Å². The predicted molar refractivity (Wildman–Crippen MR) is 94.7 cm³/mol. The fourth-order valence-corrected chi connectivity index (χ4v) is 3.82. The summed E-state index contributed by atoms with van der Waals surface area (Å²) in [6.45, 7) is 3.09. The van der Waals surface area contributed by atoms with Crippen LogP contribution in [0.15, 0.2) is 30.9 Å². The van der Waals surface area contributed by atoms with Crippen LogP contribution in [-0.4, -0.2) is 38.4 Å². The van der Waals surface area contributed by atoms with Gasteiger partial charge in [0.15, 0.2) is 0 Å². The number of pyridine rings is 1. The van der Waals surface area contributed by atoms with E-state index in [2.05, 4.69) is 26.3 Å². The van der Waals surface area contributed by atoms with Crippen LogP contribution in [0.2, 0.25) is 0 Å². The Morgan fingerprint density at radius 2 is 2.28 bits per heavy atom. The first-order valence-electron chi connectivity index (χ1n) is 9.10. The minimum atomic E-state index is -0.159. The molecule has 132 valence electrons. The predicted octanol–water partition coefficient (Wildman–Crippen LogP) is 1.83. The molecule has 6 heteroatoms. The molecular weight excluding hydrogens is 314 g/mol. The second kappa shape index (κ2) is 6.96. The smallest absolute Gasteiger partial charge is 0.230 e. The molecule has 1 aliphatic carbocycles. The van der Waals surface area contributed by atoms with Gasteiger partial charge in [0.25, 0.3) is 0 Å². The van der Waals surface area contributed by atoms with Crippen LogP contribution in [0.4, 0.5) is 0 Å². The van der Waals surface area contributed by atoms with Crippen molar-refractivity contribution in [3.63, 3.8) is 0 Å². The SMILES string of the molecule is Cn1cnc2c1[C@H](C(=O)NCC1CCC1)CN(Cc1cccnc1)C2. The van der Waals surface area contributed by atoms with Gasteiger partial charge in [-0.15, -0.1) is 0 Å². The van der Waals surface area contributed by atoms with Crippen molar-refractivity contribution in [3.8, 4) is 0 Å². The number of fused-ring (bicyclic) bond motifs is 1. The first-order valence-corrected chi connectivity index (χ1v) is 9.10. The van der Waals surface area contributed by atoms with Crippen molar-refractivity contribution in [2.75, 3.05) is 13.1 Å². The van der Waals surface area contributed by atoms with E-state index in [1.165, 1.54) is 19.3 Å². The number of hydrogen-bond acceptors (Lipinski definition) is 4. The van der Waals surface area contributed by atoms with Gasteiger partial charge in [0.1, 0.15) is 0 Å². The molecule has 1 amide bonds. The topological polar surface area (TPSA) is 63.1 Å². The van der Waals surface area contributed by atoms with E-state index in [0.29, 0.717) is 5.92 Å². The fourth-order valence-electron chi connectivity index (χ4n) is 3.82. The average Bonchev–Trinajstić information content (AvgIpc) is 2.95. The number of rotatable bonds is 5. The lowest BCUT2D eigenvalue weighted by molar-refractivity contribution is -0.123. The molecule has 0 radical (unpaired) electrons. The first-order chi connectivity index (χ1) is 12.2. The summed E-state index contributed by atoms with van der Waals surface area (Å²) in [6.07, 6.45) is 9.29. The third-order valence-corrected chi connectivity index (χ3v) is 5.44. The van der Waals surface area contributed by atoms with E-state index >= 15 is 0 Å². The third kappa shape index (κ3) is 3.44. The number of imidazole rings is 1. The van der Waals surface area contributed by atoms with E-state index in [4.69, 9.17) is 0 Å². The van der Waals surface area contributed by atoms with Gasteiger partial charge >= 0.3 is 0 Å². The number of aryl methyl sites for hydroxylation is 1. The van der Waals surface area contributed by atoms with Gasteiger partial charge in [-0.05, 0) is 30.4 Å². The summed E-state index contributed by atoms with van der Waals surface area (Å²) >= 11 is 0. The van der Waals surface area contributed by atoms with E-state index in [-0.39, 0.29) is 11.8 Å². The highest BCUT2D eigenvalue weighted by Gasteiger charge is 2.34. The zero-order valence-corrected chi connectivity index (χ0v) is 14.7. The van der Waals surface area contributed by atoms with Crippen molar-refractivity contribution < 1.29 is 4.79 Å². The summed E-state index contributed by atoms with van der Waals surface area (Å²) in [5.41, 5.74) is 3.24. The average molecular weight is 339 g/mol. The van der Waals surface area contributed by atoms with Crippen LogP contribution in [0, 0.1) is 5.92 Å². The molecule has 0 saturated heterocycles. The summed E-state index contributed by atoms with van der Waals surface area (Å²) < 4.78 is 2.00. The molecule has 1 fully saturated rings. The zero-order valence-electron chi connectivity index (χ0n) is 14.7. The summed E-state index contributed by atoms with van der Waals surface area (Å²) in [5.74, 6) is 0.644. The molecular formula is C19H25N5O. The van der Waals surface area contributed by atoms with Crippen molar-refractivity contribution in [3.05, 3.63) is 47.8 Å². The van der Waals surface area contributed by atoms with E-state index in [1.807, 2.05) is 30.2 Å². The molecule has 4 rings (SSSR count). The van der Waals surface area contributed by atoms with Crippen LogP contribution in [0.25, 0.3) is 0 Å². The quantitative estimate of drug-likeness (QED) is 0.903. The summed E-state index contributed by atoms with van der Waals surface area (Å²) in [5, 5.41) is 3.18. The van der Waals surface area contributed by atoms with Gasteiger partial charge < -0.3 is 9.88 Å². The molecule has 1 saturated carbocycles. The lowest BCUT2D eigenvalue weighted by Crippen LogP contribution is -2.43. The summed E-state index contributed by atoms with van der Waals surface area (Å²) in [7, 11) is 1.98. The second-order valence-corrected chi connectivity index (χ2v) is 7.31. The Hall–Kier alpha value is -2.21. The van der Waals surface area contributed by atoms with Crippen LogP contribution >= 0.6 is 0 Å². The molecule has 25 heavy (non-hydrogen) atoms. The molecule has 3 heterocycles. The van der Waals surface area contributed by atoms with Gasteiger partial charge in [0, 0.05) is 45.6 Å². The minimum Gasteiger partial charge on any atom is -0.355 e. The van der Waals surface area contributed by atoms with Gasteiger partial charge in [-0.2, -0.15) is 0 Å². The van der Waals surface area contributed by atoms with Gasteiger partial charge in [0.2, 0.25) is 5.91 Å². The molecule has 0 bridgehead atoms. The van der Waals surface area contributed by atoms with E-state index in [0.717, 1.165) is 43.1 Å². The Balaban J connectivity index is 1.49. The molecule has 6 nitrogen and oxygen atoms in total. The van der Waals surface area contributed by atoms with Gasteiger partial charge in [-0.1, -0.05) is 12.5 Å². The Labute approximate surface area is 148 Å². The molecule has 0 unspecified atom stereocenters. The minimum absolute atomic E-state index is 0.132. The number of carbonyl (C=O) groups is 1. The number of nitrogens with zero attached hydrogens (tertiary/aromatic N) is 4.